The molecular weight excluding hydrogens is 294 g/mol. The van der Waals surface area contributed by atoms with E-state index >= 15 is 0 Å². The van der Waals surface area contributed by atoms with Gasteiger partial charge in [-0.1, -0.05) is 11.6 Å². The van der Waals surface area contributed by atoms with Gasteiger partial charge in [-0.2, -0.15) is 0 Å². The highest BCUT2D eigenvalue weighted by atomic mass is 35.5. The number of aryl methyl sites for hydroxylation is 1. The maximum Gasteiger partial charge on any atom is 0.242 e. The Labute approximate surface area is 114 Å². The van der Waals surface area contributed by atoms with Crippen LogP contribution in [0.4, 0.5) is 0 Å². The van der Waals surface area contributed by atoms with Gasteiger partial charge in [0.1, 0.15) is 10.0 Å². The van der Waals surface area contributed by atoms with Gasteiger partial charge < -0.3 is 0 Å². The summed E-state index contributed by atoms with van der Waals surface area (Å²) in [4.78, 5) is 8.75. The highest BCUT2D eigenvalue weighted by Crippen LogP contribution is 2.14. The van der Waals surface area contributed by atoms with Crippen LogP contribution in [0.1, 0.15) is 9.88 Å². The Morgan fingerprint density at radius 2 is 2.11 bits per heavy atom. The summed E-state index contributed by atoms with van der Waals surface area (Å²) in [5.74, 6) is 0. The molecule has 0 radical (unpaired) electrons. The van der Waals surface area contributed by atoms with Gasteiger partial charge in [-0.15, -0.1) is 11.3 Å². The molecule has 2 aromatic heterocycles. The van der Waals surface area contributed by atoms with Gasteiger partial charge >= 0.3 is 0 Å². The molecule has 18 heavy (non-hydrogen) atoms. The van der Waals surface area contributed by atoms with Crippen LogP contribution in [-0.2, 0) is 16.6 Å². The molecule has 96 valence electrons. The van der Waals surface area contributed by atoms with Crippen molar-refractivity contribution in [2.75, 3.05) is 0 Å². The SMILES string of the molecule is Cc1ncc(CNS(=O)(=O)c2ccc(Cl)nc2)s1. The van der Waals surface area contributed by atoms with E-state index < -0.39 is 10.0 Å². The average Bonchev–Trinajstić information content (AvgIpc) is 2.73. The van der Waals surface area contributed by atoms with E-state index in [0.717, 1.165) is 9.88 Å². The van der Waals surface area contributed by atoms with E-state index in [1.807, 2.05) is 6.92 Å². The van der Waals surface area contributed by atoms with Gasteiger partial charge in [-0.3, -0.25) is 0 Å². The first-order valence-corrected chi connectivity index (χ1v) is 7.68. The third-order valence-electron chi connectivity index (χ3n) is 2.12. The molecule has 1 N–H and O–H groups in total. The molecule has 0 aliphatic carbocycles. The number of hydrogen-bond donors (Lipinski definition) is 1. The Bertz CT molecular complexity index is 637. The van der Waals surface area contributed by atoms with E-state index in [2.05, 4.69) is 14.7 Å². The quantitative estimate of drug-likeness (QED) is 0.877. The number of nitrogens with zero attached hydrogens (tertiary/aromatic N) is 2. The van der Waals surface area contributed by atoms with Crippen molar-refractivity contribution in [3.05, 3.63) is 39.6 Å². The molecule has 2 rings (SSSR count). The highest BCUT2D eigenvalue weighted by molar-refractivity contribution is 7.89. The average molecular weight is 304 g/mol. The second-order valence-electron chi connectivity index (χ2n) is 3.49. The van der Waals surface area contributed by atoms with E-state index in [9.17, 15) is 8.42 Å². The highest BCUT2D eigenvalue weighted by Gasteiger charge is 2.14. The van der Waals surface area contributed by atoms with Crippen LogP contribution in [0.15, 0.2) is 29.4 Å². The van der Waals surface area contributed by atoms with Crippen molar-refractivity contribution >= 4 is 33.0 Å². The molecule has 0 saturated carbocycles. The molecule has 0 aliphatic heterocycles. The number of thiazole rings is 1. The fraction of sp³-hybridized carbons (Fsp3) is 0.200. The molecule has 0 aliphatic rings. The van der Waals surface area contributed by atoms with Crippen LogP contribution < -0.4 is 4.72 Å². The van der Waals surface area contributed by atoms with Gasteiger partial charge in [-0.05, 0) is 19.1 Å². The molecular formula is C10H10ClN3O2S2. The summed E-state index contributed by atoms with van der Waals surface area (Å²) >= 11 is 7.06. The van der Waals surface area contributed by atoms with Crippen molar-refractivity contribution in [1.29, 1.82) is 0 Å². The summed E-state index contributed by atoms with van der Waals surface area (Å²) in [6.45, 7) is 2.09. The van der Waals surface area contributed by atoms with Crippen LogP contribution in [0.2, 0.25) is 5.15 Å². The second-order valence-corrected chi connectivity index (χ2v) is 6.96. The predicted octanol–water partition coefficient (Wildman–Crippen LogP) is 1.98. The standard InChI is InChI=1S/C10H10ClN3O2S2/c1-7-12-4-8(17-7)5-14-18(15,16)9-2-3-10(11)13-6-9/h2-4,6,14H,5H2,1H3. The van der Waals surface area contributed by atoms with E-state index in [1.165, 1.54) is 29.7 Å². The number of nitrogens with one attached hydrogen (secondary N) is 1. The monoisotopic (exact) mass is 303 g/mol. The second kappa shape index (κ2) is 5.31. The lowest BCUT2D eigenvalue weighted by Gasteiger charge is -2.04. The van der Waals surface area contributed by atoms with Crippen LogP contribution in [0.5, 0.6) is 0 Å². The third kappa shape index (κ3) is 3.26. The Hall–Kier alpha value is -1.02. The number of aromatic nitrogens is 2. The van der Waals surface area contributed by atoms with E-state index in [0.29, 0.717) is 0 Å². The first-order valence-electron chi connectivity index (χ1n) is 5.00. The minimum absolute atomic E-state index is 0.0909. The first kappa shape index (κ1) is 13.4. The van der Waals surface area contributed by atoms with Crippen molar-refractivity contribution in [2.45, 2.75) is 18.4 Å². The van der Waals surface area contributed by atoms with Gasteiger partial charge in [-0.25, -0.2) is 23.1 Å². The zero-order valence-electron chi connectivity index (χ0n) is 9.42. The Morgan fingerprint density at radius 3 is 2.67 bits per heavy atom. The van der Waals surface area contributed by atoms with Gasteiger partial charge in [0.2, 0.25) is 10.0 Å². The van der Waals surface area contributed by atoms with Crippen molar-refractivity contribution in [3.8, 4) is 0 Å². The molecule has 2 heterocycles. The summed E-state index contributed by atoms with van der Waals surface area (Å²) in [7, 11) is -3.56. The smallest absolute Gasteiger partial charge is 0.242 e. The Morgan fingerprint density at radius 1 is 1.33 bits per heavy atom. The molecule has 0 unspecified atom stereocenters. The maximum absolute atomic E-state index is 11.9. The predicted molar refractivity (Wildman–Crippen MR) is 70.1 cm³/mol. The van der Waals surface area contributed by atoms with E-state index in [-0.39, 0.29) is 16.6 Å². The molecule has 2 aromatic rings. The zero-order chi connectivity index (χ0) is 13.2. The van der Waals surface area contributed by atoms with Crippen LogP contribution in [0, 0.1) is 6.92 Å². The molecule has 0 fully saturated rings. The molecule has 5 nitrogen and oxygen atoms in total. The topological polar surface area (TPSA) is 72.0 Å². The fourth-order valence-corrected chi connectivity index (χ4v) is 3.15. The maximum atomic E-state index is 11.9. The molecule has 0 saturated heterocycles. The summed E-state index contributed by atoms with van der Waals surface area (Å²) < 4.78 is 26.3. The van der Waals surface area contributed by atoms with Crippen LogP contribution in [0.3, 0.4) is 0 Å². The normalized spacial score (nSPS) is 11.7. The number of pyridine rings is 1. The van der Waals surface area contributed by atoms with E-state index in [4.69, 9.17) is 11.6 Å². The molecule has 0 aromatic carbocycles. The van der Waals surface area contributed by atoms with Gasteiger partial charge in [0.25, 0.3) is 0 Å². The summed E-state index contributed by atoms with van der Waals surface area (Å²) in [6.07, 6.45) is 2.88. The van der Waals surface area contributed by atoms with Gasteiger partial charge in [0.15, 0.2) is 0 Å². The number of rotatable bonds is 4. The lowest BCUT2D eigenvalue weighted by molar-refractivity contribution is 0.581. The number of halogens is 1. The summed E-state index contributed by atoms with van der Waals surface area (Å²) in [5.41, 5.74) is 0. The van der Waals surface area contributed by atoms with Crippen LogP contribution in [-0.4, -0.2) is 18.4 Å². The lowest BCUT2D eigenvalue weighted by Crippen LogP contribution is -2.22. The fourth-order valence-electron chi connectivity index (χ4n) is 1.26. The van der Waals surface area contributed by atoms with Crippen LogP contribution >= 0.6 is 22.9 Å². The zero-order valence-corrected chi connectivity index (χ0v) is 11.8. The molecule has 0 atom stereocenters. The molecule has 0 amide bonds. The Kier molecular flexibility index (Phi) is 3.96. The summed E-state index contributed by atoms with van der Waals surface area (Å²) in [6, 6.07) is 2.85. The molecule has 0 bridgehead atoms. The van der Waals surface area contributed by atoms with Crippen molar-refractivity contribution in [3.63, 3.8) is 0 Å². The number of sulfonamides is 1. The van der Waals surface area contributed by atoms with E-state index in [1.54, 1.807) is 6.20 Å². The van der Waals surface area contributed by atoms with Crippen molar-refractivity contribution in [1.82, 2.24) is 14.7 Å². The Balaban J connectivity index is 2.10. The van der Waals surface area contributed by atoms with Crippen LogP contribution in [0.25, 0.3) is 0 Å². The summed E-state index contributed by atoms with van der Waals surface area (Å²) in [5, 5.41) is 1.16. The third-order valence-corrected chi connectivity index (χ3v) is 4.64. The minimum Gasteiger partial charge on any atom is -0.250 e. The van der Waals surface area contributed by atoms with Gasteiger partial charge in [0, 0.05) is 23.8 Å². The first-order chi connectivity index (χ1) is 8.47. The van der Waals surface area contributed by atoms with Crippen molar-refractivity contribution in [2.24, 2.45) is 0 Å². The van der Waals surface area contributed by atoms with Gasteiger partial charge in [0.05, 0.1) is 5.01 Å². The minimum atomic E-state index is -3.56. The largest absolute Gasteiger partial charge is 0.250 e. The van der Waals surface area contributed by atoms with Crippen molar-refractivity contribution < 1.29 is 8.42 Å². The number of hydrogen-bond acceptors (Lipinski definition) is 5. The lowest BCUT2D eigenvalue weighted by atomic mass is 10.5. The molecule has 8 heteroatoms. The molecule has 0 spiro atoms.